The molecule has 0 aliphatic heterocycles. The molecule has 0 aromatic heterocycles. The molecule has 0 bridgehead atoms. The van der Waals surface area contributed by atoms with Gasteiger partial charge < -0.3 is 25.5 Å². The fourth-order valence-corrected chi connectivity index (χ4v) is 12.7. The Labute approximate surface area is 369 Å². The van der Waals surface area contributed by atoms with E-state index in [1.807, 2.05) is 0 Å². The van der Waals surface area contributed by atoms with Crippen molar-refractivity contribution in [3.63, 3.8) is 0 Å². The smallest absolute Gasteiger partial charge is 0.550 e. The number of aliphatic carboxylic acids is 2. The van der Waals surface area contributed by atoms with E-state index in [2.05, 4.69) is 182 Å². The first kappa shape index (κ1) is 51.3. The molecule has 59 heavy (non-hydrogen) atoms. The van der Waals surface area contributed by atoms with E-state index >= 15 is 0 Å². The molecule has 0 radical (unpaired) electrons. The summed E-state index contributed by atoms with van der Waals surface area (Å²) in [6.45, 7) is 10.3. The molecule has 0 amide bonds. The first-order chi connectivity index (χ1) is 27.7. The van der Waals surface area contributed by atoms with Gasteiger partial charge in [0.05, 0.1) is 0 Å². The molecule has 2 N–H and O–H groups in total. The van der Waals surface area contributed by atoms with Crippen molar-refractivity contribution < 1.29 is 39.3 Å². The van der Waals surface area contributed by atoms with Crippen LogP contribution in [0.15, 0.2) is 182 Å². The third-order valence-corrected chi connectivity index (χ3v) is 16.5. The van der Waals surface area contributed by atoms with Crippen LogP contribution in [0.5, 0.6) is 0 Å². The van der Waals surface area contributed by atoms with Crippen LogP contribution in [0.4, 0.5) is 0 Å². The van der Waals surface area contributed by atoms with Crippen molar-refractivity contribution in [2.45, 2.75) is 41.5 Å². The topological polar surface area (TPSA) is 106 Å². The molecule has 6 aromatic carbocycles. The molecule has 0 aliphatic carbocycles. The summed E-state index contributed by atoms with van der Waals surface area (Å²) in [4.78, 5) is 19.8. The molecule has 0 saturated carbocycles. The van der Waals surface area contributed by atoms with Gasteiger partial charge >= 0.3 is 19.5 Å². The molecule has 0 atom stereocenters. The molecular weight excluding hydrogens is 873 g/mol. The summed E-state index contributed by atoms with van der Waals surface area (Å²) in [7, 11) is -0.972. The molecule has 0 spiro atoms. The molecule has 9 heteroatoms. The second-order valence-corrected chi connectivity index (χ2v) is 22.3. The van der Waals surface area contributed by atoms with E-state index in [1.165, 1.54) is 44.2 Å². The van der Waals surface area contributed by atoms with Crippen molar-refractivity contribution in [1.82, 2.24) is 0 Å². The number of benzene rings is 6. The summed E-state index contributed by atoms with van der Waals surface area (Å²) in [6, 6.07) is 65.5. The van der Waals surface area contributed by atoms with Crippen LogP contribution >= 0.6 is 23.8 Å². The Bertz CT molecular complexity index is 1790. The van der Waals surface area contributed by atoms with Crippen LogP contribution in [0.3, 0.4) is 0 Å². The van der Waals surface area contributed by atoms with E-state index in [0.717, 1.165) is 12.7 Å². The summed E-state index contributed by atoms with van der Waals surface area (Å²) in [6.07, 6.45) is 3.47. The monoisotopic (exact) mass is 931 g/mol. The van der Waals surface area contributed by atoms with Crippen molar-refractivity contribution >= 4 is 67.5 Å². The molecule has 0 unspecified atom stereocenters. The van der Waals surface area contributed by atoms with Crippen molar-refractivity contribution in [2.75, 3.05) is 25.0 Å². The molecule has 0 aliphatic rings. The van der Waals surface area contributed by atoms with Crippen LogP contribution in [0.2, 0.25) is 0 Å². The zero-order chi connectivity index (χ0) is 42.4. The molecule has 6 aromatic rings. The first-order valence-corrected chi connectivity index (χ1v) is 24.1. The fraction of sp³-hybridized carbons (Fsp3) is 0.240. The minimum atomic E-state index is -1.01. The van der Waals surface area contributed by atoms with Crippen molar-refractivity contribution in [3.05, 3.63) is 182 Å². The van der Waals surface area contributed by atoms with Crippen LogP contribution in [0.25, 0.3) is 0 Å². The van der Waals surface area contributed by atoms with Crippen molar-refractivity contribution in [2.24, 2.45) is 16.6 Å². The average molecular weight is 931 g/mol. The second-order valence-electron chi connectivity index (χ2n) is 15.3. The number of hydrogen-bond acceptors (Lipinski definition) is 5. The van der Waals surface area contributed by atoms with E-state index in [0.29, 0.717) is 0 Å². The number of carboxylic acids is 2. The SMILES string of the molecule is CC(C)(C)C(=O)[O-].CC(C)(C)C(=O)[O-].NCCP(c1ccccc1)c1ccccc1.[Ru+2].c1ccc(P(CCP(c2ccccc2)c2ccccc2)c2ccccc2)cc1. The van der Waals surface area contributed by atoms with Crippen molar-refractivity contribution in [1.29, 1.82) is 0 Å². The van der Waals surface area contributed by atoms with Crippen molar-refractivity contribution in [3.8, 4) is 0 Å². The maximum Gasteiger partial charge on any atom is 2.00 e. The number of carbonyl (C=O) groups is 2. The Morgan fingerprint density at radius 1 is 0.390 bits per heavy atom. The quantitative estimate of drug-likeness (QED) is 0.113. The van der Waals surface area contributed by atoms with Crippen LogP contribution in [0, 0.1) is 10.8 Å². The first-order valence-electron chi connectivity index (χ1n) is 19.5. The van der Waals surface area contributed by atoms with E-state index in [1.54, 1.807) is 41.5 Å². The van der Waals surface area contributed by atoms with E-state index < -0.39 is 22.8 Å². The van der Waals surface area contributed by atoms with Gasteiger partial charge in [0.15, 0.2) is 0 Å². The van der Waals surface area contributed by atoms with Gasteiger partial charge in [0, 0.05) is 22.8 Å². The molecule has 0 fully saturated rings. The summed E-state index contributed by atoms with van der Waals surface area (Å²) in [5.41, 5.74) is 4.33. The maximum absolute atomic E-state index is 9.91. The molecular formula is C50H58NO4P3Ru. The number of rotatable bonds is 11. The Kier molecular flexibility index (Phi) is 23.5. The van der Waals surface area contributed by atoms with Gasteiger partial charge in [0.2, 0.25) is 0 Å². The standard InChI is InChI=1S/C26H24P2.C14H16NP.2C5H10O2.Ru/c1-5-13-23(14-6-1)27(24-15-7-2-8-16-24)21-22-28(25-17-9-3-10-18-25)26-19-11-4-12-20-26;15-11-12-16(13-7-3-1-4-8-13)14-9-5-2-6-10-14;2*1-5(2,3)4(6)7;/h1-20H,21-22H2;1-10H,11-12,15H2;2*1-3H3,(H,6,7);/q;;;;+2/p-2. The van der Waals surface area contributed by atoms with E-state index in [9.17, 15) is 19.8 Å². The third-order valence-electron chi connectivity index (χ3n) is 8.53. The third kappa shape index (κ3) is 18.9. The minimum Gasteiger partial charge on any atom is -0.550 e. The Balaban J connectivity index is 0.000000325. The normalized spacial score (nSPS) is 10.8. The van der Waals surface area contributed by atoms with Gasteiger partial charge in [-0.3, -0.25) is 0 Å². The summed E-state index contributed by atoms with van der Waals surface area (Å²) < 4.78 is 0. The van der Waals surface area contributed by atoms with Gasteiger partial charge in [-0.05, 0) is 80.6 Å². The molecule has 0 saturated heterocycles. The van der Waals surface area contributed by atoms with Crippen LogP contribution in [-0.2, 0) is 29.1 Å². The molecule has 5 nitrogen and oxygen atoms in total. The van der Waals surface area contributed by atoms with Crippen LogP contribution < -0.4 is 47.8 Å². The predicted molar refractivity (Wildman–Crippen MR) is 250 cm³/mol. The number of carboxylic acid groups (broad SMARTS) is 2. The maximum atomic E-state index is 9.91. The minimum absolute atomic E-state index is 0. The van der Waals surface area contributed by atoms with Gasteiger partial charge in [0.25, 0.3) is 0 Å². The van der Waals surface area contributed by atoms with Gasteiger partial charge in [-0.15, -0.1) is 0 Å². The average Bonchev–Trinajstić information content (AvgIpc) is 3.23. The Morgan fingerprint density at radius 2 is 0.542 bits per heavy atom. The molecule has 6 rings (SSSR count). The molecule has 310 valence electrons. The zero-order valence-electron chi connectivity index (χ0n) is 35.1. The number of carbonyl (C=O) groups excluding carboxylic acids is 2. The second kappa shape index (κ2) is 27.1. The van der Waals surface area contributed by atoms with E-state index in [-0.39, 0.29) is 43.2 Å². The summed E-state index contributed by atoms with van der Waals surface area (Å²) >= 11 is 0. The van der Waals surface area contributed by atoms with E-state index in [4.69, 9.17) is 5.73 Å². The summed E-state index contributed by atoms with van der Waals surface area (Å²) in [5, 5.41) is 28.5. The summed E-state index contributed by atoms with van der Waals surface area (Å²) in [5.74, 6) is -2.01. The van der Waals surface area contributed by atoms with Gasteiger partial charge in [-0.2, -0.15) is 0 Å². The molecule has 0 heterocycles. The fourth-order valence-electron chi connectivity index (χ4n) is 5.20. The van der Waals surface area contributed by atoms with Crippen LogP contribution in [0.1, 0.15) is 41.5 Å². The number of hydrogen-bond donors (Lipinski definition) is 1. The zero-order valence-corrected chi connectivity index (χ0v) is 39.5. The Hall–Kier alpha value is -3.87. The van der Waals surface area contributed by atoms with Gasteiger partial charge in [0.1, 0.15) is 0 Å². The number of nitrogens with two attached hydrogens (primary N) is 1. The largest absolute Gasteiger partial charge is 2.00 e. The Morgan fingerprint density at radius 3 is 0.678 bits per heavy atom. The predicted octanol–water partition coefficient (Wildman–Crippen LogP) is 6.89. The van der Waals surface area contributed by atoms with Gasteiger partial charge in [-0.25, -0.2) is 0 Å². The van der Waals surface area contributed by atoms with Gasteiger partial charge in [-0.1, -0.05) is 224 Å². The van der Waals surface area contributed by atoms with Crippen LogP contribution in [-0.4, -0.2) is 37.0 Å².